The van der Waals surface area contributed by atoms with Crippen molar-refractivity contribution in [2.24, 2.45) is 0 Å². The molecule has 0 amide bonds. The minimum absolute atomic E-state index is 0.0217. The SMILES string of the molecule is COc1cccc(Oc2c(F)c(F)c(C=CCN3CCOCC3)c(F)c2F)c1. The molecule has 0 unspecified atom stereocenters. The Morgan fingerprint density at radius 3 is 2.29 bits per heavy atom. The van der Waals surface area contributed by atoms with E-state index in [0.717, 1.165) is 6.08 Å². The summed E-state index contributed by atoms with van der Waals surface area (Å²) < 4.78 is 72.6. The molecule has 0 saturated carbocycles. The summed E-state index contributed by atoms with van der Waals surface area (Å²) in [6.07, 6.45) is 2.48. The molecule has 0 bridgehead atoms. The highest BCUT2D eigenvalue weighted by Gasteiger charge is 2.26. The largest absolute Gasteiger partial charge is 0.497 e. The zero-order chi connectivity index (χ0) is 20.1. The standard InChI is InChI=1S/C20H19F4NO3/c1-26-13-4-2-5-14(12-13)28-20-18(23)16(21)15(17(22)19(20)24)6-3-7-25-8-10-27-11-9-25/h2-6,12H,7-11H2,1H3. The molecule has 1 heterocycles. The first kappa shape index (κ1) is 20.2. The van der Waals surface area contributed by atoms with Gasteiger partial charge in [-0.3, -0.25) is 4.90 Å². The van der Waals surface area contributed by atoms with Gasteiger partial charge in [0.15, 0.2) is 11.6 Å². The summed E-state index contributed by atoms with van der Waals surface area (Å²) in [6, 6.07) is 5.82. The lowest BCUT2D eigenvalue weighted by Gasteiger charge is -2.25. The van der Waals surface area contributed by atoms with E-state index in [1.807, 2.05) is 4.90 Å². The van der Waals surface area contributed by atoms with Crippen LogP contribution in [0.3, 0.4) is 0 Å². The number of halogens is 4. The highest BCUT2D eigenvalue weighted by atomic mass is 19.2. The second kappa shape index (κ2) is 9.07. The molecule has 0 N–H and O–H groups in total. The summed E-state index contributed by atoms with van der Waals surface area (Å²) in [5.74, 6) is -7.05. The summed E-state index contributed by atoms with van der Waals surface area (Å²) in [4.78, 5) is 1.99. The molecule has 1 aliphatic heterocycles. The molecule has 0 radical (unpaired) electrons. The molecular weight excluding hydrogens is 378 g/mol. The maximum atomic E-state index is 14.4. The Kier molecular flexibility index (Phi) is 6.53. The molecular formula is C20H19F4NO3. The summed E-state index contributed by atoms with van der Waals surface area (Å²) >= 11 is 0. The molecule has 0 spiro atoms. The van der Waals surface area contributed by atoms with Gasteiger partial charge in [0.1, 0.15) is 11.5 Å². The van der Waals surface area contributed by atoms with Crippen LogP contribution in [0.15, 0.2) is 30.3 Å². The molecule has 1 saturated heterocycles. The lowest BCUT2D eigenvalue weighted by molar-refractivity contribution is 0.0435. The molecule has 0 aliphatic carbocycles. The third kappa shape index (κ3) is 4.45. The van der Waals surface area contributed by atoms with Crippen molar-refractivity contribution in [2.75, 3.05) is 40.0 Å². The fourth-order valence-corrected chi connectivity index (χ4v) is 2.75. The topological polar surface area (TPSA) is 30.9 Å². The highest BCUT2D eigenvalue weighted by molar-refractivity contribution is 5.54. The second-order valence-corrected chi connectivity index (χ2v) is 6.10. The van der Waals surface area contributed by atoms with Crippen LogP contribution in [0.25, 0.3) is 6.08 Å². The predicted octanol–water partition coefficient (Wildman–Crippen LogP) is 4.39. The predicted molar refractivity (Wildman–Crippen MR) is 95.6 cm³/mol. The molecule has 3 rings (SSSR count). The van der Waals surface area contributed by atoms with Gasteiger partial charge in [0.2, 0.25) is 17.4 Å². The van der Waals surface area contributed by atoms with Crippen LogP contribution < -0.4 is 9.47 Å². The van der Waals surface area contributed by atoms with Crippen molar-refractivity contribution in [2.45, 2.75) is 0 Å². The van der Waals surface area contributed by atoms with Crippen molar-refractivity contribution in [1.29, 1.82) is 0 Å². The minimum atomic E-state index is -1.60. The molecule has 1 fully saturated rings. The number of ether oxygens (including phenoxy) is 3. The first-order chi connectivity index (χ1) is 13.5. The molecule has 150 valence electrons. The molecule has 1 aliphatic rings. The highest BCUT2D eigenvalue weighted by Crippen LogP contribution is 2.34. The average molecular weight is 397 g/mol. The molecule has 2 aromatic rings. The van der Waals surface area contributed by atoms with E-state index in [2.05, 4.69) is 0 Å². The van der Waals surface area contributed by atoms with Crippen LogP contribution in [0.1, 0.15) is 5.56 Å². The van der Waals surface area contributed by atoms with Gasteiger partial charge in [0.05, 0.1) is 25.9 Å². The van der Waals surface area contributed by atoms with Gasteiger partial charge in [0, 0.05) is 25.7 Å². The average Bonchev–Trinajstić information content (AvgIpc) is 2.73. The summed E-state index contributed by atoms with van der Waals surface area (Å²) in [7, 11) is 1.40. The Bertz CT molecular complexity index is 838. The van der Waals surface area contributed by atoms with E-state index in [0.29, 0.717) is 38.6 Å². The Morgan fingerprint density at radius 1 is 1.00 bits per heavy atom. The van der Waals surface area contributed by atoms with Gasteiger partial charge in [-0.2, -0.15) is 8.78 Å². The Balaban J connectivity index is 1.84. The van der Waals surface area contributed by atoms with E-state index in [1.54, 1.807) is 6.07 Å². The van der Waals surface area contributed by atoms with E-state index >= 15 is 0 Å². The number of hydrogen-bond acceptors (Lipinski definition) is 4. The Labute approximate surface area is 159 Å². The van der Waals surface area contributed by atoms with Crippen LogP contribution in [0, 0.1) is 23.3 Å². The van der Waals surface area contributed by atoms with Gasteiger partial charge in [0.25, 0.3) is 0 Å². The van der Waals surface area contributed by atoms with Gasteiger partial charge in [-0.15, -0.1) is 0 Å². The van der Waals surface area contributed by atoms with Crippen LogP contribution in [0.5, 0.6) is 17.2 Å². The van der Waals surface area contributed by atoms with Crippen molar-refractivity contribution in [3.05, 3.63) is 59.2 Å². The maximum absolute atomic E-state index is 14.4. The molecule has 0 atom stereocenters. The van der Waals surface area contributed by atoms with Crippen molar-refractivity contribution in [1.82, 2.24) is 4.90 Å². The molecule has 2 aromatic carbocycles. The number of morpholine rings is 1. The van der Waals surface area contributed by atoms with Crippen LogP contribution in [-0.4, -0.2) is 44.9 Å². The molecule has 4 nitrogen and oxygen atoms in total. The van der Waals surface area contributed by atoms with Crippen LogP contribution in [0.4, 0.5) is 17.6 Å². The zero-order valence-electron chi connectivity index (χ0n) is 15.2. The molecule has 0 aromatic heterocycles. The van der Waals surface area contributed by atoms with E-state index in [1.165, 1.54) is 31.4 Å². The van der Waals surface area contributed by atoms with Crippen molar-refractivity contribution >= 4 is 6.08 Å². The second-order valence-electron chi connectivity index (χ2n) is 6.10. The third-order valence-corrected chi connectivity index (χ3v) is 4.27. The van der Waals surface area contributed by atoms with Crippen LogP contribution >= 0.6 is 0 Å². The maximum Gasteiger partial charge on any atom is 0.205 e. The van der Waals surface area contributed by atoms with Gasteiger partial charge >= 0.3 is 0 Å². The first-order valence-electron chi connectivity index (χ1n) is 8.65. The number of methoxy groups -OCH3 is 1. The summed E-state index contributed by atoms with van der Waals surface area (Å²) in [5, 5.41) is 0. The number of hydrogen-bond donors (Lipinski definition) is 0. The van der Waals surface area contributed by atoms with E-state index < -0.39 is 34.6 Å². The van der Waals surface area contributed by atoms with Crippen LogP contribution in [-0.2, 0) is 4.74 Å². The van der Waals surface area contributed by atoms with E-state index in [4.69, 9.17) is 14.2 Å². The van der Waals surface area contributed by atoms with Crippen molar-refractivity contribution in [3.8, 4) is 17.2 Å². The summed E-state index contributed by atoms with van der Waals surface area (Å²) in [5.41, 5.74) is -0.791. The van der Waals surface area contributed by atoms with Gasteiger partial charge in [-0.25, -0.2) is 8.78 Å². The summed E-state index contributed by atoms with van der Waals surface area (Å²) in [6.45, 7) is 2.86. The van der Waals surface area contributed by atoms with Crippen molar-refractivity contribution in [3.63, 3.8) is 0 Å². The normalized spacial score (nSPS) is 15.2. The smallest absolute Gasteiger partial charge is 0.205 e. The first-order valence-corrected chi connectivity index (χ1v) is 8.65. The molecule has 8 heteroatoms. The Morgan fingerprint density at radius 2 is 1.64 bits per heavy atom. The Hall–Kier alpha value is -2.58. The third-order valence-electron chi connectivity index (χ3n) is 4.27. The minimum Gasteiger partial charge on any atom is -0.497 e. The lowest BCUT2D eigenvalue weighted by Crippen LogP contribution is -2.36. The number of rotatable bonds is 6. The fourth-order valence-electron chi connectivity index (χ4n) is 2.75. The molecule has 28 heavy (non-hydrogen) atoms. The van der Waals surface area contributed by atoms with Gasteiger partial charge < -0.3 is 14.2 Å². The lowest BCUT2D eigenvalue weighted by atomic mass is 10.1. The van der Waals surface area contributed by atoms with E-state index in [-0.39, 0.29) is 5.75 Å². The quantitative estimate of drug-likeness (QED) is 0.535. The van der Waals surface area contributed by atoms with Crippen LogP contribution in [0.2, 0.25) is 0 Å². The zero-order valence-corrected chi connectivity index (χ0v) is 15.2. The van der Waals surface area contributed by atoms with Crippen molar-refractivity contribution < 1.29 is 31.8 Å². The number of benzene rings is 2. The fraction of sp³-hybridized carbons (Fsp3) is 0.300. The van der Waals surface area contributed by atoms with E-state index in [9.17, 15) is 17.6 Å². The van der Waals surface area contributed by atoms with Gasteiger partial charge in [-0.1, -0.05) is 18.2 Å². The van der Waals surface area contributed by atoms with Gasteiger partial charge in [-0.05, 0) is 12.1 Å². The number of nitrogens with zero attached hydrogens (tertiary/aromatic N) is 1. The monoisotopic (exact) mass is 397 g/mol.